The van der Waals surface area contributed by atoms with Gasteiger partial charge in [-0.1, -0.05) is 18.2 Å². The molecule has 0 aromatic heterocycles. The third kappa shape index (κ3) is 5.70. The third-order valence-electron chi connectivity index (χ3n) is 5.26. The SMILES string of the molecule is N=c1c2c(=O)/c(=N\Nc3ccccc3)c(S(=O)(=O)O)cc=2cc(S(=O)(=O)O)/c1=N\Nc1ccc([N+](=O)[O-])cc1. The molecule has 0 saturated heterocycles. The molecule has 0 fully saturated rings. The number of nitrogens with one attached hydrogen (secondary N) is 3. The lowest BCUT2D eigenvalue weighted by molar-refractivity contribution is -0.384. The Bertz CT molecular complexity index is 2130. The second kappa shape index (κ2) is 10.1. The number of benzene rings is 2. The van der Waals surface area contributed by atoms with Gasteiger partial charge in [0, 0.05) is 12.1 Å². The molecule has 17 heteroatoms. The molecule has 200 valence electrons. The molecule has 0 saturated carbocycles. The van der Waals surface area contributed by atoms with E-state index >= 15 is 0 Å². The van der Waals surface area contributed by atoms with Crippen molar-refractivity contribution in [1.29, 1.82) is 5.41 Å². The van der Waals surface area contributed by atoms with Gasteiger partial charge in [0.2, 0.25) is 5.43 Å². The summed E-state index contributed by atoms with van der Waals surface area (Å²) >= 11 is 0. The van der Waals surface area contributed by atoms with E-state index in [4.69, 9.17) is 5.41 Å². The van der Waals surface area contributed by atoms with Gasteiger partial charge in [-0.15, -0.1) is 0 Å². The Morgan fingerprint density at radius 2 is 1.28 bits per heavy atom. The van der Waals surface area contributed by atoms with Crippen molar-refractivity contribution in [3.63, 3.8) is 0 Å². The standard InChI is InChI=1S/C22H16N6O9S2/c23-19-18-12(11-17(39(35,36)37)21(22(18)29)27-24-13-4-2-1-3-5-13)10-16(38(32,33)34)20(19)26-25-14-6-8-15(9-7-14)28(30)31/h1-11,23-25H,(H,32,33,34)(H,35,36,37)/b23-19?,26-20+,27-21-. The Morgan fingerprint density at radius 3 is 1.79 bits per heavy atom. The lowest BCUT2D eigenvalue weighted by Crippen LogP contribution is -2.41. The van der Waals surface area contributed by atoms with Crippen molar-refractivity contribution in [2.45, 2.75) is 9.79 Å². The van der Waals surface area contributed by atoms with E-state index < -0.39 is 66.9 Å². The Morgan fingerprint density at radius 1 is 0.795 bits per heavy atom. The molecule has 2 aromatic rings. The summed E-state index contributed by atoms with van der Waals surface area (Å²) in [6.45, 7) is 0. The summed E-state index contributed by atoms with van der Waals surface area (Å²) in [5.41, 5.74) is 3.96. The minimum Gasteiger partial charge on any atom is -0.298 e. The first-order chi connectivity index (χ1) is 18.3. The van der Waals surface area contributed by atoms with E-state index in [0.29, 0.717) is 11.8 Å². The quantitative estimate of drug-likeness (QED) is 0.115. The van der Waals surface area contributed by atoms with Crippen LogP contribution in [0.5, 0.6) is 0 Å². The maximum atomic E-state index is 13.4. The van der Waals surface area contributed by atoms with E-state index in [0.717, 1.165) is 18.2 Å². The summed E-state index contributed by atoms with van der Waals surface area (Å²) in [6, 6.07) is 14.2. The van der Waals surface area contributed by atoms with Gasteiger partial charge in [-0.3, -0.25) is 40.3 Å². The molecule has 0 aliphatic heterocycles. The average Bonchev–Trinajstić information content (AvgIpc) is 2.86. The largest absolute Gasteiger partial charge is 0.298 e. The molecule has 2 aromatic carbocycles. The van der Waals surface area contributed by atoms with Crippen molar-refractivity contribution < 1.29 is 30.9 Å². The second-order valence-corrected chi connectivity index (χ2v) is 10.6. The van der Waals surface area contributed by atoms with Gasteiger partial charge in [0.15, 0.2) is 5.36 Å². The highest BCUT2D eigenvalue weighted by atomic mass is 32.2. The number of rotatable bonds is 7. The van der Waals surface area contributed by atoms with Crippen LogP contribution in [0.15, 0.2) is 91.5 Å². The van der Waals surface area contributed by atoms with E-state index in [1.54, 1.807) is 30.3 Å². The van der Waals surface area contributed by atoms with Gasteiger partial charge in [-0.2, -0.15) is 27.0 Å². The van der Waals surface area contributed by atoms with Crippen LogP contribution in [0, 0.1) is 26.0 Å². The fourth-order valence-corrected chi connectivity index (χ4v) is 4.81. The van der Waals surface area contributed by atoms with Crippen LogP contribution in [0.25, 0.3) is 0 Å². The van der Waals surface area contributed by atoms with Crippen LogP contribution >= 0.6 is 0 Å². The molecule has 0 amide bonds. The maximum absolute atomic E-state index is 13.4. The van der Waals surface area contributed by atoms with Crippen molar-refractivity contribution in [3.8, 4) is 0 Å². The summed E-state index contributed by atoms with van der Waals surface area (Å²) in [4.78, 5) is 21.6. The Labute approximate surface area is 217 Å². The van der Waals surface area contributed by atoms with Crippen LogP contribution in [0.3, 0.4) is 0 Å². The zero-order valence-electron chi connectivity index (χ0n) is 19.3. The third-order valence-corrected chi connectivity index (χ3v) is 6.99. The molecule has 2 aliphatic rings. The molecule has 15 nitrogen and oxygen atoms in total. The second-order valence-electron chi connectivity index (χ2n) is 7.82. The van der Waals surface area contributed by atoms with Crippen molar-refractivity contribution in [2.75, 3.05) is 10.9 Å². The van der Waals surface area contributed by atoms with Crippen LogP contribution < -0.4 is 32.4 Å². The Hall–Kier alpha value is -4.84. The summed E-state index contributed by atoms with van der Waals surface area (Å²) < 4.78 is 67.8. The molecular formula is C22H16N6O9S2. The number of non-ortho nitro benzene ring substituents is 1. The van der Waals surface area contributed by atoms with E-state index in [1.165, 1.54) is 12.1 Å². The minimum atomic E-state index is -5.08. The van der Waals surface area contributed by atoms with Gasteiger partial charge in [0.25, 0.3) is 25.9 Å². The molecule has 0 atom stereocenters. The molecule has 0 unspecified atom stereocenters. The van der Waals surface area contributed by atoms with E-state index in [1.807, 2.05) is 0 Å². The Kier molecular flexibility index (Phi) is 7.07. The first-order valence-corrected chi connectivity index (χ1v) is 13.4. The fourth-order valence-electron chi connectivity index (χ4n) is 3.49. The highest BCUT2D eigenvalue weighted by Gasteiger charge is 2.21. The maximum Gasteiger partial charge on any atom is 0.296 e. The first kappa shape index (κ1) is 27.2. The van der Waals surface area contributed by atoms with Gasteiger partial charge < -0.3 is 0 Å². The number of hydrogen-bond acceptors (Lipinski definition) is 12. The number of nitro benzene ring substituents is 1. The number of anilines is 2. The lowest BCUT2D eigenvalue weighted by atomic mass is 10.1. The number of nitro groups is 1. The van der Waals surface area contributed by atoms with E-state index in [9.17, 15) is 40.8 Å². The van der Waals surface area contributed by atoms with Gasteiger partial charge in [-0.05, 0) is 41.6 Å². The fraction of sp³-hybridized carbons (Fsp3) is 0. The Balaban J connectivity index is 2.04. The first-order valence-electron chi connectivity index (χ1n) is 10.5. The van der Waals surface area contributed by atoms with Gasteiger partial charge in [-0.25, -0.2) is 0 Å². The van der Waals surface area contributed by atoms with Crippen LogP contribution in [-0.4, -0.2) is 30.9 Å². The highest BCUT2D eigenvalue weighted by molar-refractivity contribution is 7.86. The van der Waals surface area contributed by atoms with E-state index in [2.05, 4.69) is 21.1 Å². The summed E-state index contributed by atoms with van der Waals surface area (Å²) in [5, 5.41) is 23.7. The topological polar surface area (TPSA) is 242 Å². The van der Waals surface area contributed by atoms with Crippen LogP contribution in [0.4, 0.5) is 17.1 Å². The molecule has 2 aliphatic carbocycles. The molecule has 0 bridgehead atoms. The minimum absolute atomic E-state index is 0.133. The average molecular weight is 573 g/mol. The van der Waals surface area contributed by atoms with Gasteiger partial charge >= 0.3 is 0 Å². The summed E-state index contributed by atoms with van der Waals surface area (Å²) in [5.74, 6) is 0. The zero-order valence-corrected chi connectivity index (χ0v) is 20.9. The van der Waals surface area contributed by atoms with Crippen molar-refractivity contribution in [2.24, 2.45) is 10.2 Å². The number of nitrogens with zero attached hydrogens (tertiary/aromatic N) is 3. The summed E-state index contributed by atoms with van der Waals surface area (Å²) in [6.07, 6.45) is 0. The van der Waals surface area contributed by atoms with Crippen LogP contribution in [0.1, 0.15) is 0 Å². The molecular weight excluding hydrogens is 556 g/mol. The molecule has 39 heavy (non-hydrogen) atoms. The molecule has 5 N–H and O–H groups in total. The van der Waals surface area contributed by atoms with Crippen LogP contribution in [-0.2, 0) is 20.2 Å². The smallest absolute Gasteiger partial charge is 0.296 e. The van der Waals surface area contributed by atoms with Crippen LogP contribution in [0.2, 0.25) is 0 Å². The van der Waals surface area contributed by atoms with E-state index in [-0.39, 0.29) is 11.4 Å². The molecule has 0 radical (unpaired) electrons. The van der Waals surface area contributed by atoms with Crippen molar-refractivity contribution in [1.82, 2.24) is 0 Å². The number of para-hydroxylation sites is 1. The molecule has 4 rings (SSSR count). The number of hydrogen-bond donors (Lipinski definition) is 5. The highest BCUT2D eigenvalue weighted by Crippen LogP contribution is 2.15. The predicted molar refractivity (Wildman–Crippen MR) is 134 cm³/mol. The van der Waals surface area contributed by atoms with Crippen molar-refractivity contribution in [3.05, 3.63) is 114 Å². The predicted octanol–water partition coefficient (Wildman–Crippen LogP) is 0.384. The molecule has 0 spiro atoms. The van der Waals surface area contributed by atoms with Gasteiger partial charge in [0.05, 0.1) is 26.9 Å². The molecule has 0 heterocycles. The van der Waals surface area contributed by atoms with Gasteiger partial charge in [0.1, 0.15) is 15.1 Å². The normalized spacial score (nSPS) is 13.0. The van der Waals surface area contributed by atoms with Crippen molar-refractivity contribution >= 4 is 37.3 Å². The zero-order chi connectivity index (χ0) is 28.5. The monoisotopic (exact) mass is 572 g/mol. The summed E-state index contributed by atoms with van der Waals surface area (Å²) in [7, 11) is -10.1. The lowest BCUT2D eigenvalue weighted by Gasteiger charge is -2.05.